The lowest BCUT2D eigenvalue weighted by Gasteiger charge is -2.40. The Kier molecular flexibility index (Phi) is 4.65. The maximum atomic E-state index is 12.8. The first-order chi connectivity index (χ1) is 12.0. The molecule has 0 bridgehead atoms. The second-order valence-corrected chi connectivity index (χ2v) is 6.17. The van der Waals surface area contributed by atoms with E-state index in [-0.39, 0.29) is 18.0 Å². The van der Waals surface area contributed by atoms with E-state index in [0.29, 0.717) is 18.1 Å². The molecule has 7 nitrogen and oxygen atoms in total. The molecule has 130 valence electrons. The summed E-state index contributed by atoms with van der Waals surface area (Å²) in [6.45, 7) is 5.88. The highest BCUT2D eigenvalue weighted by molar-refractivity contribution is 6.11. The molecule has 2 aromatic heterocycles. The first kappa shape index (κ1) is 16.9. The van der Waals surface area contributed by atoms with Crippen LogP contribution >= 0.6 is 0 Å². The highest BCUT2D eigenvalue weighted by Gasteiger charge is 2.40. The van der Waals surface area contributed by atoms with Crippen molar-refractivity contribution in [2.45, 2.75) is 39.4 Å². The quantitative estimate of drug-likeness (QED) is 0.931. The van der Waals surface area contributed by atoms with E-state index in [1.807, 2.05) is 32.0 Å². The molecule has 3 amide bonds. The lowest BCUT2D eigenvalue weighted by molar-refractivity contribution is -0.120. The second-order valence-electron chi connectivity index (χ2n) is 6.17. The number of hydrogen-bond acceptors (Lipinski definition) is 4. The zero-order valence-corrected chi connectivity index (χ0v) is 14.5. The van der Waals surface area contributed by atoms with Crippen molar-refractivity contribution in [1.82, 2.24) is 15.3 Å². The Morgan fingerprint density at radius 1 is 1.20 bits per heavy atom. The van der Waals surface area contributed by atoms with E-state index < -0.39 is 6.04 Å². The van der Waals surface area contributed by atoms with Crippen molar-refractivity contribution < 1.29 is 9.59 Å². The third-order valence-corrected chi connectivity index (χ3v) is 4.12. The smallest absolute Gasteiger partial charge is 0.323 e. The second kappa shape index (κ2) is 6.88. The van der Waals surface area contributed by atoms with Gasteiger partial charge in [-0.3, -0.25) is 19.6 Å². The van der Waals surface area contributed by atoms with Crippen LogP contribution in [-0.4, -0.2) is 34.0 Å². The topological polar surface area (TPSA) is 78.4 Å². The van der Waals surface area contributed by atoms with Crippen LogP contribution in [0.3, 0.4) is 0 Å². The molecule has 0 radical (unpaired) electrons. The zero-order valence-electron chi connectivity index (χ0n) is 14.5. The van der Waals surface area contributed by atoms with E-state index in [1.165, 1.54) is 4.90 Å². The molecule has 1 atom stereocenters. The van der Waals surface area contributed by atoms with Crippen LogP contribution in [0.2, 0.25) is 0 Å². The number of aromatic nitrogens is 2. The fourth-order valence-corrected chi connectivity index (χ4v) is 2.93. The van der Waals surface area contributed by atoms with E-state index in [1.54, 1.807) is 36.4 Å². The molecule has 1 unspecified atom stereocenters. The van der Waals surface area contributed by atoms with Crippen molar-refractivity contribution in [3.8, 4) is 0 Å². The lowest BCUT2D eigenvalue weighted by atomic mass is 10.1. The molecule has 1 N–H and O–H groups in total. The van der Waals surface area contributed by atoms with Crippen molar-refractivity contribution in [2.24, 2.45) is 0 Å². The molecule has 1 aliphatic heterocycles. The molecule has 0 spiro atoms. The normalized spacial score (nSPS) is 16.8. The molecule has 0 aliphatic carbocycles. The van der Waals surface area contributed by atoms with Crippen LogP contribution in [0.15, 0.2) is 42.7 Å². The van der Waals surface area contributed by atoms with Gasteiger partial charge in [0, 0.05) is 18.4 Å². The molecule has 3 rings (SSSR count). The molecule has 2 aromatic rings. The third-order valence-electron chi connectivity index (χ3n) is 4.12. The Bertz CT molecular complexity index is 778. The Hall–Kier alpha value is -2.96. The van der Waals surface area contributed by atoms with Crippen molar-refractivity contribution in [2.75, 3.05) is 9.80 Å². The number of anilines is 2. The number of fused-ring (bicyclic) bond motifs is 1. The van der Waals surface area contributed by atoms with Gasteiger partial charge in [-0.1, -0.05) is 6.07 Å². The fourth-order valence-electron chi connectivity index (χ4n) is 2.93. The summed E-state index contributed by atoms with van der Waals surface area (Å²) in [4.78, 5) is 37.1. The first-order valence-corrected chi connectivity index (χ1v) is 8.25. The van der Waals surface area contributed by atoms with Crippen molar-refractivity contribution in [3.63, 3.8) is 0 Å². The molecule has 0 saturated heterocycles. The van der Waals surface area contributed by atoms with Crippen LogP contribution < -0.4 is 15.1 Å². The van der Waals surface area contributed by atoms with Gasteiger partial charge in [-0.25, -0.2) is 9.78 Å². The van der Waals surface area contributed by atoms with Gasteiger partial charge in [-0.05, 0) is 45.0 Å². The summed E-state index contributed by atoms with van der Waals surface area (Å²) < 4.78 is 0. The molecule has 25 heavy (non-hydrogen) atoms. The predicted molar refractivity (Wildman–Crippen MR) is 95.3 cm³/mol. The molecule has 1 aliphatic rings. The standard InChI is InChI=1S/C18H21N5O2/c1-12(2)22-16-15(8-6-10-20-16)23(13(3)17(22)24)18(25)21-11-14-7-4-5-9-19-14/h4-10,12-13H,11H2,1-3H3,(H,21,25). The number of hydrogen-bond donors (Lipinski definition) is 1. The first-order valence-electron chi connectivity index (χ1n) is 8.25. The fraction of sp³-hybridized carbons (Fsp3) is 0.333. The number of nitrogens with zero attached hydrogens (tertiary/aromatic N) is 4. The SMILES string of the molecule is CC(C)N1C(=O)C(C)N(C(=O)NCc2ccccn2)c2cccnc21. The molecular weight excluding hydrogens is 318 g/mol. The Balaban J connectivity index is 1.88. The van der Waals surface area contributed by atoms with Crippen molar-refractivity contribution in [1.29, 1.82) is 0 Å². The van der Waals surface area contributed by atoms with E-state index in [9.17, 15) is 9.59 Å². The van der Waals surface area contributed by atoms with Gasteiger partial charge in [0.2, 0.25) is 0 Å². The number of carbonyl (C=O) groups is 2. The van der Waals surface area contributed by atoms with Gasteiger partial charge < -0.3 is 5.32 Å². The molecular formula is C18H21N5O2. The predicted octanol–water partition coefficient (Wildman–Crippen LogP) is 2.34. The minimum atomic E-state index is -0.608. The van der Waals surface area contributed by atoms with E-state index >= 15 is 0 Å². The zero-order chi connectivity index (χ0) is 18.0. The molecule has 7 heteroatoms. The summed E-state index contributed by atoms with van der Waals surface area (Å²) in [7, 11) is 0. The molecule has 0 fully saturated rings. The number of nitrogens with one attached hydrogen (secondary N) is 1. The van der Waals surface area contributed by atoms with Crippen LogP contribution in [0, 0.1) is 0 Å². The monoisotopic (exact) mass is 339 g/mol. The number of carbonyl (C=O) groups excluding carboxylic acids is 2. The van der Waals surface area contributed by atoms with Crippen LogP contribution in [0.25, 0.3) is 0 Å². The molecule has 3 heterocycles. The van der Waals surface area contributed by atoms with E-state index in [0.717, 1.165) is 5.69 Å². The lowest BCUT2D eigenvalue weighted by Crippen LogP contribution is -2.58. The van der Waals surface area contributed by atoms with Gasteiger partial charge in [-0.2, -0.15) is 0 Å². The minimum absolute atomic E-state index is 0.0395. The largest absolute Gasteiger partial charge is 0.332 e. The van der Waals surface area contributed by atoms with Crippen LogP contribution in [-0.2, 0) is 11.3 Å². The summed E-state index contributed by atoms with van der Waals surface area (Å²) in [5.41, 5.74) is 1.38. The van der Waals surface area contributed by atoms with E-state index in [2.05, 4.69) is 15.3 Å². The molecule has 0 aromatic carbocycles. The maximum Gasteiger partial charge on any atom is 0.323 e. The number of rotatable bonds is 3. The average molecular weight is 339 g/mol. The number of pyridine rings is 2. The summed E-state index contributed by atoms with van der Waals surface area (Å²) in [6.07, 6.45) is 3.30. The number of amides is 3. The van der Waals surface area contributed by atoms with Gasteiger partial charge in [0.15, 0.2) is 5.82 Å². The summed E-state index contributed by atoms with van der Waals surface area (Å²) in [6, 6.07) is 8.09. The Morgan fingerprint density at radius 2 is 1.96 bits per heavy atom. The Morgan fingerprint density at radius 3 is 2.64 bits per heavy atom. The highest BCUT2D eigenvalue weighted by Crippen LogP contribution is 2.35. The van der Waals surface area contributed by atoms with Gasteiger partial charge in [0.1, 0.15) is 6.04 Å². The van der Waals surface area contributed by atoms with Crippen molar-refractivity contribution >= 4 is 23.4 Å². The van der Waals surface area contributed by atoms with Gasteiger partial charge in [-0.15, -0.1) is 0 Å². The van der Waals surface area contributed by atoms with Crippen molar-refractivity contribution in [3.05, 3.63) is 48.4 Å². The summed E-state index contributed by atoms with van der Waals surface area (Å²) in [5, 5.41) is 2.83. The molecule has 0 saturated carbocycles. The van der Waals surface area contributed by atoms with Crippen LogP contribution in [0.4, 0.5) is 16.3 Å². The third kappa shape index (κ3) is 3.17. The highest BCUT2D eigenvalue weighted by atomic mass is 16.2. The average Bonchev–Trinajstić information content (AvgIpc) is 2.61. The van der Waals surface area contributed by atoms with Gasteiger partial charge in [0.05, 0.1) is 17.9 Å². The minimum Gasteiger partial charge on any atom is -0.332 e. The summed E-state index contributed by atoms with van der Waals surface area (Å²) >= 11 is 0. The summed E-state index contributed by atoms with van der Waals surface area (Å²) in [5.74, 6) is 0.364. The van der Waals surface area contributed by atoms with Gasteiger partial charge in [0.25, 0.3) is 5.91 Å². The maximum absolute atomic E-state index is 12.8. The Labute approximate surface area is 146 Å². The van der Waals surface area contributed by atoms with Crippen LogP contribution in [0.5, 0.6) is 0 Å². The van der Waals surface area contributed by atoms with Gasteiger partial charge >= 0.3 is 6.03 Å². The van der Waals surface area contributed by atoms with E-state index in [4.69, 9.17) is 0 Å². The van der Waals surface area contributed by atoms with Crippen LogP contribution in [0.1, 0.15) is 26.5 Å². The number of urea groups is 1.